The third kappa shape index (κ3) is 4.45. The van der Waals surface area contributed by atoms with E-state index < -0.39 is 24.0 Å². The summed E-state index contributed by atoms with van der Waals surface area (Å²) in [7, 11) is 1.32. The Morgan fingerprint density at radius 2 is 1.88 bits per heavy atom. The van der Waals surface area contributed by atoms with Gasteiger partial charge in [-0.25, -0.2) is 9.78 Å². The summed E-state index contributed by atoms with van der Waals surface area (Å²) in [4.78, 5) is 28.1. The number of urea groups is 1. The number of nitrogens with one attached hydrogen (secondary N) is 2. The Bertz CT molecular complexity index is 709. The van der Waals surface area contributed by atoms with Crippen molar-refractivity contribution in [3.8, 4) is 0 Å². The second kappa shape index (κ2) is 8.31. The number of aromatic nitrogens is 1. The molecule has 0 fully saturated rings. The van der Waals surface area contributed by atoms with Gasteiger partial charge in [-0.1, -0.05) is 41.9 Å². The summed E-state index contributed by atoms with van der Waals surface area (Å²) in [5.41, 5.74) is 1.18. The van der Waals surface area contributed by atoms with Crippen LogP contribution in [0.15, 0.2) is 48.7 Å². The first-order valence-electron chi connectivity index (χ1n) is 7.33. The first kappa shape index (κ1) is 17.7. The molecule has 0 radical (unpaired) electrons. The van der Waals surface area contributed by atoms with E-state index in [4.69, 9.17) is 16.3 Å². The highest BCUT2D eigenvalue weighted by Crippen LogP contribution is 2.24. The van der Waals surface area contributed by atoms with Gasteiger partial charge in [-0.05, 0) is 24.6 Å². The number of halogens is 1. The van der Waals surface area contributed by atoms with E-state index in [2.05, 4.69) is 15.6 Å². The third-order valence-electron chi connectivity index (χ3n) is 3.53. The molecule has 6 nitrogen and oxygen atoms in total. The minimum atomic E-state index is -0.562. The van der Waals surface area contributed by atoms with Gasteiger partial charge < -0.3 is 15.4 Å². The van der Waals surface area contributed by atoms with Gasteiger partial charge in [0.25, 0.3) is 0 Å². The van der Waals surface area contributed by atoms with Crippen LogP contribution in [-0.4, -0.2) is 24.1 Å². The predicted octanol–water partition coefficient (Wildman–Crippen LogP) is 3.41. The average molecular weight is 348 g/mol. The zero-order chi connectivity index (χ0) is 17.5. The topological polar surface area (TPSA) is 80.3 Å². The summed E-state index contributed by atoms with van der Waals surface area (Å²) >= 11 is 5.93. The zero-order valence-corrected chi connectivity index (χ0v) is 14.1. The van der Waals surface area contributed by atoms with Crippen LogP contribution in [0.3, 0.4) is 0 Å². The normalized spacial score (nSPS) is 12.8. The standard InChI is InChI=1S/C17H18ClN3O3/c1-11(16(22)24-2)14(12-7-4-3-5-8-12)21-17(23)20-13-9-6-10-19-15(13)18/h3-11,14H,1-2H3,(H2,20,21,23)/t11-,14-/m0/s1. The SMILES string of the molecule is COC(=O)[C@@H](C)[C@H](NC(=O)Nc1cccnc1Cl)c1ccccc1. The van der Waals surface area contributed by atoms with Crippen molar-refractivity contribution in [1.82, 2.24) is 10.3 Å². The van der Waals surface area contributed by atoms with Gasteiger partial charge in [0.05, 0.1) is 24.8 Å². The molecule has 24 heavy (non-hydrogen) atoms. The van der Waals surface area contributed by atoms with Crippen LogP contribution in [0.5, 0.6) is 0 Å². The number of rotatable bonds is 5. The van der Waals surface area contributed by atoms with Crippen LogP contribution in [0.2, 0.25) is 5.15 Å². The van der Waals surface area contributed by atoms with Crippen LogP contribution in [0.1, 0.15) is 18.5 Å². The van der Waals surface area contributed by atoms with E-state index >= 15 is 0 Å². The molecule has 0 saturated heterocycles. The molecule has 0 aliphatic heterocycles. The van der Waals surface area contributed by atoms with Crippen molar-refractivity contribution >= 4 is 29.3 Å². The molecule has 0 bridgehead atoms. The second-order valence-electron chi connectivity index (χ2n) is 5.14. The molecule has 0 spiro atoms. The molecule has 0 aliphatic carbocycles. The number of hydrogen-bond donors (Lipinski definition) is 2. The van der Waals surface area contributed by atoms with Crippen LogP contribution in [0.25, 0.3) is 0 Å². The molecule has 1 aromatic heterocycles. The minimum absolute atomic E-state index is 0.185. The Morgan fingerprint density at radius 3 is 2.50 bits per heavy atom. The smallest absolute Gasteiger partial charge is 0.319 e. The van der Waals surface area contributed by atoms with E-state index in [1.54, 1.807) is 19.1 Å². The van der Waals surface area contributed by atoms with Crippen molar-refractivity contribution in [2.45, 2.75) is 13.0 Å². The summed E-state index contributed by atoms with van der Waals surface area (Å²) < 4.78 is 4.79. The van der Waals surface area contributed by atoms with Crippen LogP contribution in [0.4, 0.5) is 10.5 Å². The maximum Gasteiger partial charge on any atom is 0.319 e. The zero-order valence-electron chi connectivity index (χ0n) is 13.3. The first-order chi connectivity index (χ1) is 11.5. The molecule has 2 atom stereocenters. The van der Waals surface area contributed by atoms with Crippen molar-refractivity contribution < 1.29 is 14.3 Å². The number of carbonyl (C=O) groups excluding carboxylic acids is 2. The number of ether oxygens (including phenoxy) is 1. The predicted molar refractivity (Wildman–Crippen MR) is 91.8 cm³/mol. The van der Waals surface area contributed by atoms with Gasteiger partial charge in [0.2, 0.25) is 0 Å². The Balaban J connectivity index is 2.17. The van der Waals surface area contributed by atoms with Gasteiger partial charge >= 0.3 is 12.0 Å². The summed E-state index contributed by atoms with van der Waals surface area (Å²) in [5.74, 6) is -0.976. The number of esters is 1. The first-order valence-corrected chi connectivity index (χ1v) is 7.71. The van der Waals surface area contributed by atoms with E-state index in [0.29, 0.717) is 5.69 Å². The fourth-order valence-corrected chi connectivity index (χ4v) is 2.42. The lowest BCUT2D eigenvalue weighted by Crippen LogP contribution is -2.38. The number of carbonyl (C=O) groups is 2. The molecule has 1 heterocycles. The van der Waals surface area contributed by atoms with Crippen molar-refractivity contribution in [3.63, 3.8) is 0 Å². The Kier molecular flexibility index (Phi) is 6.14. The quantitative estimate of drug-likeness (QED) is 0.641. The number of benzene rings is 1. The highest BCUT2D eigenvalue weighted by molar-refractivity contribution is 6.32. The molecule has 0 saturated carbocycles. The molecule has 2 rings (SSSR count). The Morgan fingerprint density at radius 1 is 1.17 bits per heavy atom. The maximum absolute atomic E-state index is 12.3. The lowest BCUT2D eigenvalue weighted by Gasteiger charge is -2.24. The van der Waals surface area contributed by atoms with Crippen LogP contribution in [0, 0.1) is 5.92 Å². The molecule has 2 N–H and O–H groups in total. The van der Waals surface area contributed by atoms with E-state index in [9.17, 15) is 9.59 Å². The number of hydrogen-bond acceptors (Lipinski definition) is 4. The van der Waals surface area contributed by atoms with Crippen molar-refractivity contribution in [2.75, 3.05) is 12.4 Å². The summed E-state index contributed by atoms with van der Waals surface area (Å²) in [6.45, 7) is 1.70. The van der Waals surface area contributed by atoms with Crippen molar-refractivity contribution in [2.24, 2.45) is 5.92 Å². The van der Waals surface area contributed by atoms with Gasteiger partial charge in [-0.3, -0.25) is 4.79 Å². The summed E-state index contributed by atoms with van der Waals surface area (Å²) in [6.07, 6.45) is 1.53. The highest BCUT2D eigenvalue weighted by atomic mass is 35.5. The molecule has 7 heteroatoms. The minimum Gasteiger partial charge on any atom is -0.469 e. The van der Waals surface area contributed by atoms with E-state index in [1.807, 2.05) is 30.3 Å². The molecule has 0 unspecified atom stereocenters. The fourth-order valence-electron chi connectivity index (χ4n) is 2.26. The Labute approximate surface area is 145 Å². The lowest BCUT2D eigenvalue weighted by molar-refractivity contribution is -0.145. The van der Waals surface area contributed by atoms with Crippen molar-refractivity contribution in [1.29, 1.82) is 0 Å². The highest BCUT2D eigenvalue weighted by Gasteiger charge is 2.28. The summed E-state index contributed by atoms with van der Waals surface area (Å²) in [6, 6.07) is 11.5. The number of nitrogens with zero attached hydrogens (tertiary/aromatic N) is 1. The van der Waals surface area contributed by atoms with Gasteiger partial charge in [-0.2, -0.15) is 0 Å². The number of pyridine rings is 1. The molecule has 2 amide bonds. The second-order valence-corrected chi connectivity index (χ2v) is 5.50. The van der Waals surface area contributed by atoms with E-state index in [0.717, 1.165) is 5.56 Å². The Hall–Kier alpha value is -2.60. The van der Waals surface area contributed by atoms with Crippen LogP contribution < -0.4 is 10.6 Å². The number of methoxy groups -OCH3 is 1. The molecule has 126 valence electrons. The van der Waals surface area contributed by atoms with Gasteiger partial charge in [0.1, 0.15) is 0 Å². The molecule has 1 aromatic carbocycles. The van der Waals surface area contributed by atoms with Gasteiger partial charge in [-0.15, -0.1) is 0 Å². The molecular formula is C17H18ClN3O3. The fraction of sp³-hybridized carbons (Fsp3) is 0.235. The maximum atomic E-state index is 12.3. The van der Waals surface area contributed by atoms with Crippen molar-refractivity contribution in [3.05, 3.63) is 59.4 Å². The number of anilines is 1. The lowest BCUT2D eigenvalue weighted by atomic mass is 9.94. The number of amides is 2. The monoisotopic (exact) mass is 347 g/mol. The summed E-state index contributed by atoms with van der Waals surface area (Å²) in [5, 5.41) is 5.60. The molecule has 2 aromatic rings. The van der Waals surface area contributed by atoms with Crippen LogP contribution >= 0.6 is 11.6 Å². The van der Waals surface area contributed by atoms with Gasteiger partial charge in [0.15, 0.2) is 5.15 Å². The average Bonchev–Trinajstić information content (AvgIpc) is 2.61. The van der Waals surface area contributed by atoms with E-state index in [1.165, 1.54) is 13.3 Å². The molecule has 0 aliphatic rings. The van der Waals surface area contributed by atoms with Gasteiger partial charge in [0, 0.05) is 6.20 Å². The third-order valence-corrected chi connectivity index (χ3v) is 3.83. The van der Waals surface area contributed by atoms with Crippen LogP contribution in [-0.2, 0) is 9.53 Å². The molecular weight excluding hydrogens is 330 g/mol. The largest absolute Gasteiger partial charge is 0.469 e. The van der Waals surface area contributed by atoms with E-state index in [-0.39, 0.29) is 5.15 Å².